The third-order valence-electron chi connectivity index (χ3n) is 4.87. The molecule has 0 aromatic heterocycles. The number of carbonyl (C=O) groups is 1. The number of nitrogens with zero attached hydrogens (tertiary/aromatic N) is 1. The topological polar surface area (TPSA) is 73.7 Å². The average Bonchev–Trinajstić information content (AvgIpc) is 2.91. The summed E-state index contributed by atoms with van der Waals surface area (Å²) in [5.74, 6) is 0.728. The number of aliphatic imine (C=N–C) groups is 1. The summed E-state index contributed by atoms with van der Waals surface area (Å²) in [6.07, 6.45) is 0. The third kappa shape index (κ3) is 3.28. The number of hydrogen-bond donors (Lipinski definition) is 3. The number of amidine groups is 1. The number of carbonyl (C=O) groups excluding carboxylic acids is 1. The van der Waals surface area contributed by atoms with E-state index in [1.54, 1.807) is 23.9 Å². The van der Waals surface area contributed by atoms with Crippen LogP contribution in [0.1, 0.15) is 17.2 Å². The zero-order valence-electron chi connectivity index (χ0n) is 15.3. The van der Waals surface area contributed by atoms with Crippen molar-refractivity contribution < 1.29 is 9.90 Å². The maximum Gasteiger partial charge on any atom is 0.321 e. The van der Waals surface area contributed by atoms with Crippen molar-refractivity contribution in [1.82, 2.24) is 10.6 Å². The summed E-state index contributed by atoms with van der Waals surface area (Å²) in [5, 5.41) is 15.6. The summed E-state index contributed by atoms with van der Waals surface area (Å²) in [4.78, 5) is 19.3. The Morgan fingerprint density at radius 1 is 0.897 bits per heavy atom. The van der Waals surface area contributed by atoms with E-state index in [2.05, 4.69) is 22.8 Å². The van der Waals surface area contributed by atoms with E-state index in [1.165, 1.54) is 0 Å². The van der Waals surface area contributed by atoms with Gasteiger partial charge in [0.25, 0.3) is 0 Å². The van der Waals surface area contributed by atoms with Crippen molar-refractivity contribution in [2.24, 2.45) is 4.99 Å². The van der Waals surface area contributed by atoms with Gasteiger partial charge >= 0.3 is 6.03 Å². The van der Waals surface area contributed by atoms with E-state index < -0.39 is 0 Å². The molecule has 2 heterocycles. The molecular weight excluding hydrogens is 382 g/mol. The van der Waals surface area contributed by atoms with Crippen molar-refractivity contribution in [3.05, 3.63) is 95.6 Å². The van der Waals surface area contributed by atoms with Crippen molar-refractivity contribution in [2.45, 2.75) is 10.9 Å². The second-order valence-electron chi connectivity index (χ2n) is 6.76. The fourth-order valence-electron chi connectivity index (χ4n) is 3.52. The number of aromatic hydroxyl groups is 1. The van der Waals surface area contributed by atoms with E-state index in [9.17, 15) is 9.90 Å². The number of thioether (sulfide) groups is 1. The molecule has 5 nitrogen and oxygen atoms in total. The maximum atomic E-state index is 12.5. The number of amides is 2. The normalized spacial score (nSPS) is 18.0. The lowest BCUT2D eigenvalue weighted by Gasteiger charge is -2.30. The minimum absolute atomic E-state index is 0.183. The lowest BCUT2D eigenvalue weighted by atomic mass is 9.93. The molecule has 0 bridgehead atoms. The largest absolute Gasteiger partial charge is 0.508 e. The molecule has 142 valence electrons. The zero-order chi connectivity index (χ0) is 19.8. The Bertz CT molecular complexity index is 1150. The minimum Gasteiger partial charge on any atom is -0.508 e. The summed E-state index contributed by atoms with van der Waals surface area (Å²) < 4.78 is 0. The Hall–Kier alpha value is -3.51. The van der Waals surface area contributed by atoms with Crippen LogP contribution in [-0.4, -0.2) is 17.0 Å². The Morgan fingerprint density at radius 3 is 2.41 bits per heavy atom. The monoisotopic (exact) mass is 399 g/mol. The predicted molar refractivity (Wildman–Crippen MR) is 115 cm³/mol. The number of nitrogens with one attached hydrogen (secondary N) is 2. The van der Waals surface area contributed by atoms with E-state index in [1.807, 2.05) is 54.6 Å². The smallest absolute Gasteiger partial charge is 0.321 e. The molecule has 5 rings (SSSR count). The van der Waals surface area contributed by atoms with Crippen molar-refractivity contribution in [3.63, 3.8) is 0 Å². The van der Waals surface area contributed by atoms with Crippen LogP contribution < -0.4 is 10.6 Å². The molecule has 3 N–H and O–H groups in total. The van der Waals surface area contributed by atoms with Gasteiger partial charge < -0.3 is 10.4 Å². The number of rotatable bonds is 2. The van der Waals surface area contributed by atoms with Gasteiger partial charge in [0.15, 0.2) is 0 Å². The van der Waals surface area contributed by atoms with Gasteiger partial charge in [0.2, 0.25) is 0 Å². The second kappa shape index (κ2) is 7.14. The van der Waals surface area contributed by atoms with Crippen LogP contribution >= 0.6 is 11.8 Å². The van der Waals surface area contributed by atoms with Crippen LogP contribution in [0.3, 0.4) is 0 Å². The van der Waals surface area contributed by atoms with Crippen molar-refractivity contribution in [2.75, 3.05) is 0 Å². The van der Waals surface area contributed by atoms with E-state index in [-0.39, 0.29) is 17.8 Å². The summed E-state index contributed by atoms with van der Waals surface area (Å²) in [6.45, 7) is 0. The molecule has 3 aromatic carbocycles. The van der Waals surface area contributed by atoms with Gasteiger partial charge in [-0.05, 0) is 35.4 Å². The summed E-state index contributed by atoms with van der Waals surface area (Å²) >= 11 is 1.64. The molecule has 6 heteroatoms. The van der Waals surface area contributed by atoms with Crippen molar-refractivity contribution >= 4 is 34.2 Å². The summed E-state index contributed by atoms with van der Waals surface area (Å²) in [5.41, 5.74) is 3.66. The molecule has 2 amide bonds. The van der Waals surface area contributed by atoms with Gasteiger partial charge in [-0.1, -0.05) is 66.4 Å². The molecule has 3 aromatic rings. The van der Waals surface area contributed by atoms with Crippen LogP contribution in [0, 0.1) is 0 Å². The Morgan fingerprint density at radius 2 is 1.62 bits per heavy atom. The highest BCUT2D eigenvalue weighted by Crippen LogP contribution is 2.47. The van der Waals surface area contributed by atoms with Gasteiger partial charge in [-0.3, -0.25) is 5.32 Å². The van der Waals surface area contributed by atoms with Gasteiger partial charge in [0.1, 0.15) is 11.6 Å². The molecule has 0 unspecified atom stereocenters. The third-order valence-corrected chi connectivity index (χ3v) is 6.09. The SMILES string of the molecule is O=C1NC2=Nc3ccccc3SC(c3ccccc3)=C2[C@@H](c2ccc(O)cc2)N1. The van der Waals surface area contributed by atoms with E-state index in [0.29, 0.717) is 5.84 Å². The Kier molecular flexibility index (Phi) is 4.33. The van der Waals surface area contributed by atoms with Crippen LogP contribution in [0.5, 0.6) is 5.75 Å². The molecule has 2 aliphatic heterocycles. The fourth-order valence-corrected chi connectivity index (χ4v) is 4.68. The van der Waals surface area contributed by atoms with Gasteiger partial charge in [-0.2, -0.15) is 0 Å². The van der Waals surface area contributed by atoms with Crippen LogP contribution in [0.15, 0.2) is 94.3 Å². The first kappa shape index (κ1) is 17.6. The number of hydrogen-bond acceptors (Lipinski definition) is 4. The summed E-state index contributed by atoms with van der Waals surface area (Å²) in [7, 11) is 0. The molecule has 1 saturated heterocycles. The van der Waals surface area contributed by atoms with Crippen LogP contribution in [0.25, 0.3) is 4.91 Å². The van der Waals surface area contributed by atoms with Crippen molar-refractivity contribution in [1.29, 1.82) is 0 Å². The highest BCUT2D eigenvalue weighted by Gasteiger charge is 2.34. The second-order valence-corrected chi connectivity index (χ2v) is 7.81. The number of phenolic OH excluding ortho intramolecular Hbond substituents is 1. The standard InChI is InChI=1S/C23H17N3O2S/c27-16-12-10-14(11-13-16)20-19-21(15-6-2-1-3-7-15)29-18-9-5-4-8-17(18)24-22(19)26-23(28)25-20/h1-13,20,27H,(H2,24,25,26,28)/t20-/m1/s1. The Labute approximate surface area is 172 Å². The van der Waals surface area contributed by atoms with E-state index >= 15 is 0 Å². The average molecular weight is 399 g/mol. The van der Waals surface area contributed by atoms with E-state index in [4.69, 9.17) is 4.99 Å². The van der Waals surface area contributed by atoms with E-state index in [0.717, 1.165) is 32.2 Å². The minimum atomic E-state index is -0.389. The number of benzene rings is 3. The van der Waals surface area contributed by atoms with Gasteiger partial charge in [0.05, 0.1) is 11.7 Å². The maximum absolute atomic E-state index is 12.5. The van der Waals surface area contributed by atoms with Gasteiger partial charge in [-0.25, -0.2) is 9.79 Å². The molecule has 0 aliphatic carbocycles. The quantitative estimate of drug-likeness (QED) is 0.568. The van der Waals surface area contributed by atoms with Gasteiger partial charge in [0, 0.05) is 15.4 Å². The summed E-state index contributed by atoms with van der Waals surface area (Å²) in [6, 6.07) is 24.2. The molecule has 2 aliphatic rings. The number of para-hydroxylation sites is 1. The highest BCUT2D eigenvalue weighted by molar-refractivity contribution is 8.08. The first-order chi connectivity index (χ1) is 14.2. The molecule has 0 radical (unpaired) electrons. The Balaban J connectivity index is 1.77. The van der Waals surface area contributed by atoms with Gasteiger partial charge in [-0.15, -0.1) is 0 Å². The molecule has 29 heavy (non-hydrogen) atoms. The van der Waals surface area contributed by atoms with Crippen LogP contribution in [-0.2, 0) is 0 Å². The first-order valence-electron chi connectivity index (χ1n) is 9.21. The number of fused-ring (bicyclic) bond motifs is 2. The molecule has 1 fully saturated rings. The fraction of sp³-hybridized carbons (Fsp3) is 0.0435. The zero-order valence-corrected chi connectivity index (χ0v) is 16.1. The lowest BCUT2D eigenvalue weighted by molar-refractivity contribution is 0.241. The van der Waals surface area contributed by atoms with Crippen LogP contribution in [0.2, 0.25) is 0 Å². The van der Waals surface area contributed by atoms with Crippen LogP contribution in [0.4, 0.5) is 10.5 Å². The lowest BCUT2D eigenvalue weighted by Crippen LogP contribution is -2.50. The number of phenols is 1. The highest BCUT2D eigenvalue weighted by atomic mass is 32.2. The first-order valence-corrected chi connectivity index (χ1v) is 10.0. The molecule has 0 saturated carbocycles. The molecule has 1 atom stereocenters. The molecular formula is C23H17N3O2S. The number of urea groups is 1. The van der Waals surface area contributed by atoms with Crippen molar-refractivity contribution in [3.8, 4) is 5.75 Å². The molecule has 0 spiro atoms. The predicted octanol–water partition coefficient (Wildman–Crippen LogP) is 4.99.